The van der Waals surface area contributed by atoms with Crippen molar-refractivity contribution in [3.05, 3.63) is 65.0 Å². The number of para-hydroxylation sites is 4. The van der Waals surface area contributed by atoms with Gasteiger partial charge in [0.1, 0.15) is 12.0 Å². The van der Waals surface area contributed by atoms with Crippen LogP contribution < -0.4 is 16.1 Å². The van der Waals surface area contributed by atoms with E-state index < -0.39 is 11.0 Å². The number of hydrogen-bond donors (Lipinski definition) is 3. The Morgan fingerprint density at radius 1 is 1.12 bits per heavy atom. The van der Waals surface area contributed by atoms with Crippen LogP contribution in [0.25, 0.3) is 11.0 Å². The zero-order chi connectivity index (χ0) is 17.6. The molecule has 25 heavy (non-hydrogen) atoms. The maximum Gasteiger partial charge on any atom is 0.334 e. The van der Waals surface area contributed by atoms with Gasteiger partial charge >= 0.3 is 6.03 Å². The first-order valence-electron chi connectivity index (χ1n) is 7.59. The van der Waals surface area contributed by atoms with Crippen molar-refractivity contribution in [2.45, 2.75) is 0 Å². The molecule has 9 heteroatoms. The van der Waals surface area contributed by atoms with E-state index in [9.17, 15) is 14.9 Å². The molecule has 9 nitrogen and oxygen atoms in total. The molecule has 0 aliphatic rings. The Bertz CT molecular complexity index is 908. The third-order valence-electron chi connectivity index (χ3n) is 3.50. The number of aromatic nitrogens is 2. The van der Waals surface area contributed by atoms with Gasteiger partial charge in [0.05, 0.1) is 16.0 Å². The molecule has 3 N–H and O–H groups in total. The van der Waals surface area contributed by atoms with E-state index in [0.717, 1.165) is 11.0 Å². The van der Waals surface area contributed by atoms with E-state index >= 15 is 0 Å². The van der Waals surface area contributed by atoms with Crippen LogP contribution in [0.15, 0.2) is 54.9 Å². The van der Waals surface area contributed by atoms with Gasteiger partial charge in [-0.1, -0.05) is 24.3 Å². The van der Waals surface area contributed by atoms with Crippen LogP contribution >= 0.6 is 0 Å². The van der Waals surface area contributed by atoms with E-state index in [1.807, 2.05) is 24.3 Å². The molecule has 0 aliphatic heterocycles. The predicted octanol–water partition coefficient (Wildman–Crippen LogP) is 2.31. The SMILES string of the molecule is O=C(NCCNc1ccccc1[N+](=O)[O-])Nn1cnc2ccccc21. The molecule has 0 unspecified atom stereocenters. The van der Waals surface area contributed by atoms with Crippen LogP contribution in [0.5, 0.6) is 0 Å². The van der Waals surface area contributed by atoms with Crippen molar-refractivity contribution in [2.75, 3.05) is 23.8 Å². The lowest BCUT2D eigenvalue weighted by atomic mass is 10.2. The van der Waals surface area contributed by atoms with Gasteiger partial charge in [-0.2, -0.15) is 0 Å². The number of imidazole rings is 1. The first-order valence-corrected chi connectivity index (χ1v) is 7.59. The second-order valence-corrected chi connectivity index (χ2v) is 5.17. The number of carbonyl (C=O) groups is 1. The van der Waals surface area contributed by atoms with E-state index in [0.29, 0.717) is 18.8 Å². The highest BCUT2D eigenvalue weighted by Crippen LogP contribution is 2.22. The molecule has 0 bridgehead atoms. The minimum absolute atomic E-state index is 0.00293. The van der Waals surface area contributed by atoms with Crippen LogP contribution in [0.4, 0.5) is 16.2 Å². The number of nitro groups is 1. The van der Waals surface area contributed by atoms with Crippen LogP contribution in [0.3, 0.4) is 0 Å². The summed E-state index contributed by atoms with van der Waals surface area (Å²) in [5.74, 6) is 0. The lowest BCUT2D eigenvalue weighted by Gasteiger charge is -2.10. The highest BCUT2D eigenvalue weighted by molar-refractivity contribution is 5.85. The Labute approximate surface area is 142 Å². The fourth-order valence-corrected chi connectivity index (χ4v) is 2.35. The zero-order valence-electron chi connectivity index (χ0n) is 13.2. The predicted molar refractivity (Wildman–Crippen MR) is 94.1 cm³/mol. The largest absolute Gasteiger partial charge is 0.378 e. The fraction of sp³-hybridized carbons (Fsp3) is 0.125. The molecule has 3 aromatic rings. The summed E-state index contributed by atoms with van der Waals surface area (Å²) < 4.78 is 1.53. The smallest absolute Gasteiger partial charge is 0.334 e. The van der Waals surface area contributed by atoms with E-state index in [1.54, 1.807) is 18.2 Å². The summed E-state index contributed by atoms with van der Waals surface area (Å²) in [6, 6.07) is 13.4. The molecule has 1 aromatic heterocycles. The summed E-state index contributed by atoms with van der Waals surface area (Å²) in [6.07, 6.45) is 1.52. The van der Waals surface area contributed by atoms with Gasteiger partial charge in [0, 0.05) is 19.2 Å². The average Bonchev–Trinajstić information content (AvgIpc) is 3.02. The van der Waals surface area contributed by atoms with Gasteiger partial charge in [-0.3, -0.25) is 10.1 Å². The summed E-state index contributed by atoms with van der Waals surface area (Å²) in [5, 5.41) is 16.5. The molecule has 1 heterocycles. The molecule has 0 saturated carbocycles. The number of benzene rings is 2. The van der Waals surface area contributed by atoms with Gasteiger partial charge in [-0.15, -0.1) is 0 Å². The number of carbonyl (C=O) groups excluding carboxylic acids is 1. The number of fused-ring (bicyclic) bond motifs is 1. The van der Waals surface area contributed by atoms with Crippen molar-refractivity contribution >= 4 is 28.4 Å². The highest BCUT2D eigenvalue weighted by Gasteiger charge is 2.11. The second-order valence-electron chi connectivity index (χ2n) is 5.17. The molecule has 0 spiro atoms. The Hall–Kier alpha value is -3.62. The Morgan fingerprint density at radius 2 is 1.88 bits per heavy atom. The number of amides is 2. The molecule has 0 atom stereocenters. The highest BCUT2D eigenvalue weighted by atomic mass is 16.6. The molecule has 0 radical (unpaired) electrons. The van der Waals surface area contributed by atoms with Crippen molar-refractivity contribution in [3.8, 4) is 0 Å². The van der Waals surface area contributed by atoms with Gasteiger partial charge in [0.15, 0.2) is 0 Å². The summed E-state index contributed by atoms with van der Waals surface area (Å²) in [5.41, 5.74) is 4.64. The summed E-state index contributed by atoms with van der Waals surface area (Å²) in [6.45, 7) is 0.646. The number of rotatable bonds is 6. The number of nitrogens with one attached hydrogen (secondary N) is 3. The second kappa shape index (κ2) is 7.30. The van der Waals surface area contributed by atoms with E-state index in [2.05, 4.69) is 21.0 Å². The average molecular weight is 340 g/mol. The van der Waals surface area contributed by atoms with Gasteiger partial charge in [0.25, 0.3) is 5.69 Å². The molecular formula is C16H16N6O3. The third kappa shape index (κ3) is 3.83. The lowest BCUT2D eigenvalue weighted by molar-refractivity contribution is -0.384. The van der Waals surface area contributed by atoms with E-state index in [4.69, 9.17) is 0 Å². The topological polar surface area (TPSA) is 114 Å². The Morgan fingerprint density at radius 3 is 2.72 bits per heavy atom. The molecule has 0 aliphatic carbocycles. The van der Waals surface area contributed by atoms with E-state index in [1.165, 1.54) is 17.1 Å². The van der Waals surface area contributed by atoms with Crippen LogP contribution in [0.1, 0.15) is 0 Å². The first-order chi connectivity index (χ1) is 12.1. The number of nitro benzene ring substituents is 1. The maximum atomic E-state index is 11.9. The lowest BCUT2D eigenvalue weighted by Crippen LogP contribution is -2.36. The van der Waals surface area contributed by atoms with Crippen molar-refractivity contribution in [2.24, 2.45) is 0 Å². The summed E-state index contributed by atoms with van der Waals surface area (Å²) >= 11 is 0. The summed E-state index contributed by atoms with van der Waals surface area (Å²) in [4.78, 5) is 26.6. The maximum absolute atomic E-state index is 11.9. The summed E-state index contributed by atoms with van der Waals surface area (Å²) in [7, 11) is 0. The van der Waals surface area contributed by atoms with Crippen molar-refractivity contribution in [3.63, 3.8) is 0 Å². The van der Waals surface area contributed by atoms with Gasteiger partial charge < -0.3 is 10.6 Å². The van der Waals surface area contributed by atoms with Crippen LogP contribution in [-0.4, -0.2) is 33.7 Å². The first kappa shape index (κ1) is 16.2. The van der Waals surface area contributed by atoms with Crippen molar-refractivity contribution < 1.29 is 9.72 Å². The fourth-order valence-electron chi connectivity index (χ4n) is 2.35. The standard InChI is InChI=1S/C16H16N6O3/c23-16(20-21-11-19-12-5-1-3-7-14(12)21)18-10-9-17-13-6-2-4-8-15(13)22(24)25/h1-8,11,17H,9-10H2,(H2,18,20,23). The molecular weight excluding hydrogens is 324 g/mol. The number of anilines is 1. The van der Waals surface area contributed by atoms with E-state index in [-0.39, 0.29) is 5.69 Å². The third-order valence-corrected chi connectivity index (χ3v) is 3.50. The van der Waals surface area contributed by atoms with Crippen LogP contribution in [-0.2, 0) is 0 Å². The molecule has 2 amide bonds. The van der Waals surface area contributed by atoms with Crippen LogP contribution in [0.2, 0.25) is 0 Å². The Balaban J connectivity index is 1.49. The molecule has 0 saturated heterocycles. The minimum Gasteiger partial charge on any atom is -0.378 e. The van der Waals surface area contributed by atoms with Crippen molar-refractivity contribution in [1.82, 2.24) is 15.0 Å². The number of hydrogen-bond acceptors (Lipinski definition) is 5. The van der Waals surface area contributed by atoms with Crippen LogP contribution in [0, 0.1) is 10.1 Å². The van der Waals surface area contributed by atoms with Gasteiger partial charge in [-0.05, 0) is 18.2 Å². The molecule has 3 rings (SSSR count). The monoisotopic (exact) mass is 340 g/mol. The molecule has 128 valence electrons. The number of nitrogens with zero attached hydrogens (tertiary/aromatic N) is 3. The van der Waals surface area contributed by atoms with Gasteiger partial charge in [0.2, 0.25) is 0 Å². The zero-order valence-corrected chi connectivity index (χ0v) is 13.2. The number of urea groups is 1. The normalized spacial score (nSPS) is 10.4. The quantitative estimate of drug-likeness (QED) is 0.362. The molecule has 2 aromatic carbocycles. The Kier molecular flexibility index (Phi) is 4.74. The molecule has 0 fully saturated rings. The minimum atomic E-state index is -0.452. The van der Waals surface area contributed by atoms with Crippen molar-refractivity contribution in [1.29, 1.82) is 0 Å². The van der Waals surface area contributed by atoms with Gasteiger partial charge in [-0.25, -0.2) is 19.9 Å².